The van der Waals surface area contributed by atoms with Gasteiger partial charge in [0.15, 0.2) is 5.78 Å². The molecule has 1 N–H and O–H groups in total. The molecule has 39 heavy (non-hydrogen) atoms. The van der Waals surface area contributed by atoms with E-state index in [2.05, 4.69) is 15.3 Å². The maximum absolute atomic E-state index is 12.9. The van der Waals surface area contributed by atoms with Crippen molar-refractivity contribution in [2.45, 2.75) is 60.4 Å². The average molecular weight is 542 g/mol. The van der Waals surface area contributed by atoms with Crippen molar-refractivity contribution in [3.63, 3.8) is 0 Å². The number of Topliss-reactive ketones (excluding diaryl/α,β-unsaturated/α-hetero) is 3. The molecule has 0 aliphatic carbocycles. The minimum absolute atomic E-state index is 0. The summed E-state index contributed by atoms with van der Waals surface area (Å²) in [6.07, 6.45) is 3.79. The fourth-order valence-corrected chi connectivity index (χ4v) is 3.47. The molecule has 0 unspecified atom stereocenters. The molecule has 1 amide bonds. The van der Waals surface area contributed by atoms with E-state index in [-0.39, 0.29) is 68.7 Å². The minimum atomic E-state index is -0.488. The fourth-order valence-electron chi connectivity index (χ4n) is 3.47. The number of amides is 1. The summed E-state index contributed by atoms with van der Waals surface area (Å²) >= 11 is 0. The lowest BCUT2D eigenvalue weighted by Crippen LogP contribution is -2.42. The van der Waals surface area contributed by atoms with E-state index >= 15 is 0 Å². The average Bonchev–Trinajstić information content (AvgIpc) is 2.92. The molecule has 0 atom stereocenters. The van der Waals surface area contributed by atoms with E-state index in [1.165, 1.54) is 0 Å². The molecule has 0 radical (unpaired) electrons. The molecule has 0 saturated heterocycles. The number of carbonyl (C=O) groups is 4. The predicted molar refractivity (Wildman–Crippen MR) is 151 cm³/mol. The fraction of sp³-hybridized carbons (Fsp3) is 0.533. The first-order chi connectivity index (χ1) is 18.5. The highest BCUT2D eigenvalue weighted by Crippen LogP contribution is 2.19. The van der Waals surface area contributed by atoms with Crippen molar-refractivity contribution in [1.82, 2.24) is 15.3 Å². The van der Waals surface area contributed by atoms with E-state index in [9.17, 15) is 19.2 Å². The molecular weight excluding hydrogens is 498 g/mol. The van der Waals surface area contributed by atoms with Gasteiger partial charge in [0.2, 0.25) is 0 Å². The Morgan fingerprint density at radius 2 is 1.18 bits per heavy atom. The molecule has 0 bridgehead atoms. The lowest BCUT2D eigenvalue weighted by Gasteiger charge is -2.19. The maximum Gasteiger partial charge on any atom is 0.270 e. The standard InChI is InChI=1S/C30H41N3O6.H2/c1-19(2)27(34)11-13-38-17-24(18-39-14-12-28(35)20(3)4)33-30(37)26-10-8-23(16-32-26)22-7-9-25(31-15-22)29(36)21(5)6;/h7-10,15-16,19-21,24H,11-14,17-18H2,1-6H3,(H,33,37);1H. The first kappa shape index (κ1) is 31.9. The second-order valence-electron chi connectivity index (χ2n) is 10.4. The number of nitrogens with one attached hydrogen (secondary N) is 1. The van der Waals surface area contributed by atoms with E-state index in [1.54, 1.807) is 36.7 Å². The Labute approximate surface area is 232 Å². The number of nitrogens with zero attached hydrogens (tertiary/aromatic N) is 2. The summed E-state index contributed by atoms with van der Waals surface area (Å²) in [7, 11) is 0. The zero-order valence-corrected chi connectivity index (χ0v) is 23.9. The number of aromatic nitrogens is 2. The second kappa shape index (κ2) is 16.0. The van der Waals surface area contributed by atoms with Gasteiger partial charge in [-0.05, 0) is 12.1 Å². The summed E-state index contributed by atoms with van der Waals surface area (Å²) in [5.74, 6) is -0.446. The number of hydrogen-bond acceptors (Lipinski definition) is 8. The summed E-state index contributed by atoms with van der Waals surface area (Å²) in [6, 6.07) is 6.38. The van der Waals surface area contributed by atoms with Crippen LogP contribution >= 0.6 is 0 Å². The normalized spacial score (nSPS) is 11.4. The van der Waals surface area contributed by atoms with Crippen LogP contribution in [-0.4, -0.2) is 65.7 Å². The van der Waals surface area contributed by atoms with Crippen LogP contribution in [0.3, 0.4) is 0 Å². The zero-order valence-electron chi connectivity index (χ0n) is 23.9. The number of hydrogen-bond donors (Lipinski definition) is 1. The lowest BCUT2D eigenvalue weighted by molar-refractivity contribution is -0.123. The molecule has 214 valence electrons. The maximum atomic E-state index is 12.9. The van der Waals surface area contributed by atoms with Crippen molar-refractivity contribution in [2.24, 2.45) is 17.8 Å². The Hall–Kier alpha value is -3.30. The largest absolute Gasteiger partial charge is 0.379 e. The highest BCUT2D eigenvalue weighted by molar-refractivity contribution is 5.96. The van der Waals surface area contributed by atoms with Crippen LogP contribution in [0.2, 0.25) is 0 Å². The molecule has 0 fully saturated rings. The monoisotopic (exact) mass is 541 g/mol. The predicted octanol–water partition coefficient (Wildman–Crippen LogP) is 4.59. The van der Waals surface area contributed by atoms with Gasteiger partial charge < -0.3 is 14.8 Å². The Bertz CT molecular complexity index is 1070. The highest BCUT2D eigenvalue weighted by Gasteiger charge is 2.18. The molecule has 2 rings (SSSR count). The quantitative estimate of drug-likeness (QED) is 0.228. The van der Waals surface area contributed by atoms with Gasteiger partial charge in [-0.2, -0.15) is 0 Å². The van der Waals surface area contributed by atoms with Crippen LogP contribution in [0, 0.1) is 17.8 Å². The number of ether oxygens (including phenoxy) is 2. The zero-order chi connectivity index (χ0) is 28.9. The Balaban J connectivity index is 0.00000800. The van der Waals surface area contributed by atoms with Crippen molar-refractivity contribution < 1.29 is 30.1 Å². The van der Waals surface area contributed by atoms with Gasteiger partial charge in [0.25, 0.3) is 5.91 Å². The van der Waals surface area contributed by atoms with Crippen LogP contribution in [0.1, 0.15) is 76.8 Å². The van der Waals surface area contributed by atoms with Crippen LogP contribution in [0.25, 0.3) is 11.1 Å². The van der Waals surface area contributed by atoms with Crippen LogP contribution in [0.15, 0.2) is 36.7 Å². The Kier molecular flexibility index (Phi) is 13.1. The number of carbonyl (C=O) groups excluding carboxylic acids is 4. The van der Waals surface area contributed by atoms with Gasteiger partial charge in [-0.1, -0.05) is 53.7 Å². The molecule has 2 aromatic rings. The van der Waals surface area contributed by atoms with Gasteiger partial charge in [0.05, 0.1) is 32.5 Å². The number of pyridine rings is 2. The van der Waals surface area contributed by atoms with E-state index in [0.717, 1.165) is 11.1 Å². The molecule has 9 heteroatoms. The van der Waals surface area contributed by atoms with Gasteiger partial charge in [0, 0.05) is 55.5 Å². The first-order valence-corrected chi connectivity index (χ1v) is 13.5. The van der Waals surface area contributed by atoms with Gasteiger partial charge >= 0.3 is 0 Å². The molecule has 0 spiro atoms. The summed E-state index contributed by atoms with van der Waals surface area (Å²) in [4.78, 5) is 57.3. The van der Waals surface area contributed by atoms with E-state index in [4.69, 9.17) is 9.47 Å². The molecule has 0 aliphatic rings. The summed E-state index contributed by atoms with van der Waals surface area (Å²) in [5.41, 5.74) is 2.17. The highest BCUT2D eigenvalue weighted by atomic mass is 16.5. The summed E-state index contributed by atoms with van der Waals surface area (Å²) in [6.45, 7) is 11.8. The first-order valence-electron chi connectivity index (χ1n) is 13.5. The molecule has 0 aromatic carbocycles. The third-order valence-electron chi connectivity index (χ3n) is 6.12. The Morgan fingerprint density at radius 3 is 1.56 bits per heavy atom. The van der Waals surface area contributed by atoms with E-state index < -0.39 is 11.9 Å². The van der Waals surface area contributed by atoms with Gasteiger partial charge in [-0.25, -0.2) is 0 Å². The lowest BCUT2D eigenvalue weighted by atomic mass is 10.0. The Morgan fingerprint density at radius 1 is 0.718 bits per heavy atom. The van der Waals surface area contributed by atoms with Crippen LogP contribution in [-0.2, 0) is 19.1 Å². The molecule has 0 aliphatic heterocycles. The van der Waals surface area contributed by atoms with Crippen LogP contribution < -0.4 is 5.32 Å². The van der Waals surface area contributed by atoms with Crippen molar-refractivity contribution in [2.75, 3.05) is 26.4 Å². The number of rotatable bonds is 17. The molecule has 0 saturated carbocycles. The van der Waals surface area contributed by atoms with Crippen molar-refractivity contribution in [1.29, 1.82) is 0 Å². The SMILES string of the molecule is CC(C)C(=O)CCOCC(COCCC(=O)C(C)C)NC(=O)c1ccc(-c2ccc(C(=O)C(C)C)nc2)cn1.[HH]. The van der Waals surface area contributed by atoms with Crippen LogP contribution in [0.4, 0.5) is 0 Å². The summed E-state index contributed by atoms with van der Waals surface area (Å²) in [5, 5.41) is 2.87. The van der Waals surface area contributed by atoms with Gasteiger partial charge in [-0.15, -0.1) is 0 Å². The summed E-state index contributed by atoms with van der Waals surface area (Å²) < 4.78 is 11.3. The minimum Gasteiger partial charge on any atom is -0.379 e. The van der Waals surface area contributed by atoms with Crippen molar-refractivity contribution in [3.8, 4) is 11.1 Å². The van der Waals surface area contributed by atoms with E-state index in [0.29, 0.717) is 18.5 Å². The van der Waals surface area contributed by atoms with Crippen molar-refractivity contribution >= 4 is 23.3 Å². The van der Waals surface area contributed by atoms with Crippen molar-refractivity contribution in [3.05, 3.63) is 48.0 Å². The van der Waals surface area contributed by atoms with Gasteiger partial charge in [0.1, 0.15) is 23.0 Å². The topological polar surface area (TPSA) is 125 Å². The molecule has 2 heterocycles. The smallest absolute Gasteiger partial charge is 0.270 e. The van der Waals surface area contributed by atoms with Gasteiger partial charge in [-0.3, -0.25) is 29.1 Å². The molecule has 9 nitrogen and oxygen atoms in total. The number of ketones is 3. The van der Waals surface area contributed by atoms with Crippen LogP contribution in [0.5, 0.6) is 0 Å². The third-order valence-corrected chi connectivity index (χ3v) is 6.12. The van der Waals surface area contributed by atoms with E-state index in [1.807, 2.05) is 41.5 Å². The molecular formula is C30H43N3O6. The second-order valence-corrected chi connectivity index (χ2v) is 10.4. The third kappa shape index (κ3) is 10.8. The molecule has 2 aromatic heterocycles.